The first-order valence-electron chi connectivity index (χ1n) is 8.05. The molecule has 2 amide bonds. The van der Waals surface area contributed by atoms with E-state index in [1.165, 1.54) is 11.3 Å². The van der Waals surface area contributed by atoms with Crippen molar-refractivity contribution in [3.63, 3.8) is 0 Å². The van der Waals surface area contributed by atoms with E-state index in [0.29, 0.717) is 4.90 Å². The van der Waals surface area contributed by atoms with Gasteiger partial charge in [-0.1, -0.05) is 6.07 Å². The van der Waals surface area contributed by atoms with Crippen molar-refractivity contribution in [1.82, 2.24) is 10.2 Å². The quantitative estimate of drug-likeness (QED) is 0.249. The summed E-state index contributed by atoms with van der Waals surface area (Å²) in [5.74, 6) is -4.67. The zero-order valence-electron chi connectivity index (χ0n) is 15.5. The maximum absolute atomic E-state index is 12.6. The molecule has 150 valence electrons. The predicted molar refractivity (Wildman–Crippen MR) is 93.0 cm³/mol. The van der Waals surface area contributed by atoms with Crippen LogP contribution in [-0.4, -0.2) is 60.8 Å². The van der Waals surface area contributed by atoms with Gasteiger partial charge in [-0.2, -0.15) is 0 Å². The van der Waals surface area contributed by atoms with Crippen molar-refractivity contribution in [2.75, 3.05) is 12.4 Å². The molecule has 1 N–H and O–H groups in total. The molecule has 0 saturated carbocycles. The van der Waals surface area contributed by atoms with Crippen molar-refractivity contribution in [1.29, 1.82) is 0 Å². The molecule has 0 aliphatic carbocycles. The molecule has 1 aromatic heterocycles. The first-order valence-corrected chi connectivity index (χ1v) is 10.6. The Morgan fingerprint density at radius 2 is 2.07 bits per heavy atom. The van der Waals surface area contributed by atoms with Gasteiger partial charge in [0.25, 0.3) is 5.91 Å². The number of hydrogen-bond donors (Lipinski definition) is 1. The van der Waals surface area contributed by atoms with Crippen LogP contribution in [0.4, 0.5) is 0 Å². The number of thiophene rings is 1. The standard InChI is InChI=1S/C16H16N2O8S2.K/c1-8(19)26-6-9-7-28(24,25)15-12(14(21)18(15)13(9)16(22)23)17-11(20)5-10-3-2-4-27-10;/h2-4,12,15H,5-7H2,1H3,(H,17,20)(H,22,23);/q;+1/p-1/t12-,15-;/m0./s1. The third kappa shape index (κ3) is 4.98. The van der Waals surface area contributed by atoms with E-state index >= 15 is 0 Å². The molecule has 2 aliphatic heterocycles. The second-order valence-electron chi connectivity index (χ2n) is 6.23. The van der Waals surface area contributed by atoms with Gasteiger partial charge in [-0.05, 0) is 11.4 Å². The summed E-state index contributed by atoms with van der Waals surface area (Å²) >= 11 is 1.33. The number of sulfone groups is 1. The van der Waals surface area contributed by atoms with Crippen molar-refractivity contribution in [2.45, 2.75) is 24.8 Å². The minimum atomic E-state index is -4.02. The summed E-state index contributed by atoms with van der Waals surface area (Å²) in [4.78, 5) is 48.4. The van der Waals surface area contributed by atoms with Crippen LogP contribution in [0.25, 0.3) is 0 Å². The smallest absolute Gasteiger partial charge is 0.543 e. The zero-order valence-corrected chi connectivity index (χ0v) is 20.3. The first-order chi connectivity index (χ1) is 13.1. The van der Waals surface area contributed by atoms with Crippen LogP contribution in [0.1, 0.15) is 11.8 Å². The average molecular weight is 467 g/mol. The Hall–Kier alpha value is -1.09. The van der Waals surface area contributed by atoms with Gasteiger partial charge >= 0.3 is 57.4 Å². The summed E-state index contributed by atoms with van der Waals surface area (Å²) in [5.41, 5.74) is -0.905. The van der Waals surface area contributed by atoms with E-state index in [9.17, 15) is 32.7 Å². The molecule has 10 nitrogen and oxygen atoms in total. The number of aliphatic carboxylic acids is 1. The van der Waals surface area contributed by atoms with Gasteiger partial charge in [0.15, 0.2) is 15.2 Å². The van der Waals surface area contributed by atoms with Crippen LogP contribution in [0.15, 0.2) is 28.8 Å². The Labute approximate surface area is 212 Å². The number of esters is 1. The fourth-order valence-corrected chi connectivity index (χ4v) is 5.82. The van der Waals surface area contributed by atoms with Gasteiger partial charge in [-0.15, -0.1) is 11.3 Å². The molecule has 13 heteroatoms. The molecule has 0 unspecified atom stereocenters. The van der Waals surface area contributed by atoms with Crippen LogP contribution in [0.5, 0.6) is 0 Å². The molecule has 0 bridgehead atoms. The number of rotatable bonds is 6. The molecule has 3 heterocycles. The normalized spacial score (nSPS) is 22.1. The molecule has 2 atom stereocenters. The minimum absolute atomic E-state index is 0. The number of hydrogen-bond acceptors (Lipinski definition) is 9. The van der Waals surface area contributed by atoms with E-state index in [0.717, 1.165) is 11.8 Å². The van der Waals surface area contributed by atoms with E-state index in [2.05, 4.69) is 10.1 Å². The molecule has 3 rings (SSSR count). The number of ether oxygens (including phenoxy) is 1. The summed E-state index contributed by atoms with van der Waals surface area (Å²) in [6, 6.07) is 2.08. The van der Waals surface area contributed by atoms with E-state index in [1.807, 2.05) is 0 Å². The second kappa shape index (κ2) is 9.37. The van der Waals surface area contributed by atoms with Crippen LogP contribution < -0.4 is 61.8 Å². The Morgan fingerprint density at radius 3 is 2.62 bits per heavy atom. The molecule has 0 spiro atoms. The van der Waals surface area contributed by atoms with Crippen LogP contribution in [0.3, 0.4) is 0 Å². The summed E-state index contributed by atoms with van der Waals surface area (Å²) < 4.78 is 29.9. The van der Waals surface area contributed by atoms with Crippen molar-refractivity contribution in [2.24, 2.45) is 0 Å². The number of nitrogens with zero attached hydrogens (tertiary/aromatic N) is 1. The van der Waals surface area contributed by atoms with E-state index in [1.54, 1.807) is 17.5 Å². The number of fused-ring (bicyclic) bond motifs is 1. The van der Waals surface area contributed by atoms with Crippen molar-refractivity contribution in [3.05, 3.63) is 33.7 Å². The molecule has 1 fully saturated rings. The van der Waals surface area contributed by atoms with Crippen molar-refractivity contribution >= 4 is 44.9 Å². The zero-order chi connectivity index (χ0) is 20.6. The molecule has 1 aromatic rings. The van der Waals surface area contributed by atoms with Gasteiger partial charge in [-0.25, -0.2) is 8.42 Å². The number of carbonyl (C=O) groups is 4. The molecule has 2 aliphatic rings. The van der Waals surface area contributed by atoms with Gasteiger partial charge in [0.1, 0.15) is 12.6 Å². The number of carboxylic acid groups (broad SMARTS) is 1. The fourth-order valence-electron chi connectivity index (χ4n) is 3.11. The van der Waals surface area contributed by atoms with E-state index in [4.69, 9.17) is 0 Å². The largest absolute Gasteiger partial charge is 1.00 e. The molecule has 1 saturated heterocycles. The van der Waals surface area contributed by atoms with Gasteiger partial charge in [0.05, 0.1) is 23.8 Å². The number of β-lactam (4-membered cyclic amide) rings is 1. The maximum atomic E-state index is 12.6. The molecule has 29 heavy (non-hydrogen) atoms. The number of carboxylic acids is 1. The van der Waals surface area contributed by atoms with Gasteiger partial charge < -0.3 is 20.0 Å². The topological polar surface area (TPSA) is 150 Å². The Kier molecular flexibility index (Phi) is 7.81. The van der Waals surface area contributed by atoms with Gasteiger partial charge in [0.2, 0.25) is 5.91 Å². The Morgan fingerprint density at radius 1 is 1.38 bits per heavy atom. The first kappa shape index (κ1) is 24.2. The Bertz CT molecular complexity index is 987. The molecule has 0 aromatic carbocycles. The molecular weight excluding hydrogens is 451 g/mol. The predicted octanol–water partition coefficient (Wildman–Crippen LogP) is -5.06. The van der Waals surface area contributed by atoms with Crippen LogP contribution in [0.2, 0.25) is 0 Å². The summed E-state index contributed by atoms with van der Waals surface area (Å²) in [7, 11) is -4.02. The monoisotopic (exact) mass is 466 g/mol. The van der Waals surface area contributed by atoms with Gasteiger partial charge in [0, 0.05) is 17.4 Å². The van der Waals surface area contributed by atoms with Crippen molar-refractivity contribution in [3.8, 4) is 0 Å². The molecule has 0 radical (unpaired) electrons. The minimum Gasteiger partial charge on any atom is -0.543 e. The van der Waals surface area contributed by atoms with E-state index in [-0.39, 0.29) is 63.4 Å². The van der Waals surface area contributed by atoms with Crippen LogP contribution >= 0.6 is 11.3 Å². The van der Waals surface area contributed by atoms with Gasteiger partial charge in [-0.3, -0.25) is 19.3 Å². The summed E-state index contributed by atoms with van der Waals surface area (Å²) in [6.07, 6.45) is -0.0326. The molecular formula is C16H15KN2O8S2. The second-order valence-corrected chi connectivity index (χ2v) is 9.36. The number of nitrogens with one attached hydrogen (secondary N) is 1. The summed E-state index contributed by atoms with van der Waals surface area (Å²) in [5, 5.41) is 14.1. The summed E-state index contributed by atoms with van der Waals surface area (Å²) in [6.45, 7) is 0.483. The van der Waals surface area contributed by atoms with Crippen molar-refractivity contribution < 1.29 is 88.8 Å². The third-order valence-corrected chi connectivity index (χ3v) is 7.08. The van der Waals surface area contributed by atoms with E-state index < -0.39 is 63.1 Å². The maximum Gasteiger partial charge on any atom is 1.00 e. The Balaban J connectivity index is 0.00000300. The van der Waals surface area contributed by atoms with Crippen LogP contribution in [0, 0.1) is 0 Å². The fraction of sp³-hybridized carbons (Fsp3) is 0.375. The third-order valence-electron chi connectivity index (χ3n) is 4.24. The number of amides is 2. The number of carbonyl (C=O) groups excluding carboxylic acids is 4. The SMILES string of the molecule is CC(=O)OCC1=C(C(=O)[O-])N2C(=O)[C@H](NC(=O)Cc3cccs3)[C@@H]2S(=O)(=O)C1.[K+]. The average Bonchev–Trinajstić information content (AvgIpc) is 3.09. The van der Waals surface area contributed by atoms with Crippen LogP contribution in [-0.2, 0) is 40.2 Å².